The topological polar surface area (TPSA) is 85.3 Å². The highest BCUT2D eigenvalue weighted by atomic mass is 16.5. The van der Waals surface area contributed by atoms with Crippen LogP contribution in [0.4, 0.5) is 11.5 Å². The first-order chi connectivity index (χ1) is 19.5. The Balaban J connectivity index is 1.27. The maximum atomic E-state index is 11.9. The van der Waals surface area contributed by atoms with E-state index in [-0.39, 0.29) is 11.7 Å². The van der Waals surface area contributed by atoms with E-state index in [1.165, 1.54) is 19.3 Å². The molecule has 0 aliphatic carbocycles. The zero-order valence-electron chi connectivity index (χ0n) is 23.7. The molecule has 3 aliphatic rings. The number of amides is 1. The zero-order valence-corrected chi connectivity index (χ0v) is 23.7. The third kappa shape index (κ3) is 5.52. The molecule has 0 saturated carbocycles. The summed E-state index contributed by atoms with van der Waals surface area (Å²) in [6, 6.07) is 12.9. The molecule has 1 N–H and O–H groups in total. The van der Waals surface area contributed by atoms with Crippen molar-refractivity contribution >= 4 is 28.2 Å². The zero-order chi connectivity index (χ0) is 27.6. The number of phenols is 1. The first-order valence-corrected chi connectivity index (χ1v) is 14.7. The molecule has 0 radical (unpaired) electrons. The highest BCUT2D eigenvalue weighted by molar-refractivity contribution is 5.95. The summed E-state index contributed by atoms with van der Waals surface area (Å²) in [5.74, 6) is 1.33. The van der Waals surface area contributed by atoms with Gasteiger partial charge in [0.25, 0.3) is 0 Å². The van der Waals surface area contributed by atoms with Gasteiger partial charge in [-0.15, -0.1) is 0 Å². The number of phenolic OH excluding ortho intramolecular Hbond substituents is 1. The van der Waals surface area contributed by atoms with Gasteiger partial charge in [0.05, 0.1) is 12.2 Å². The van der Waals surface area contributed by atoms with Crippen LogP contribution in [-0.2, 0) is 17.8 Å². The van der Waals surface area contributed by atoms with Crippen LogP contribution in [0.5, 0.6) is 11.8 Å². The Morgan fingerprint density at radius 2 is 1.85 bits per heavy atom. The summed E-state index contributed by atoms with van der Waals surface area (Å²) >= 11 is 0. The van der Waals surface area contributed by atoms with Crippen LogP contribution in [0.25, 0.3) is 10.8 Å². The van der Waals surface area contributed by atoms with Crippen LogP contribution in [0.3, 0.4) is 0 Å². The number of ether oxygens (including phenoxy) is 1. The molecule has 9 nitrogen and oxygen atoms in total. The molecule has 2 fully saturated rings. The average molecular weight is 545 g/mol. The summed E-state index contributed by atoms with van der Waals surface area (Å²) in [5.41, 5.74) is 3.14. The van der Waals surface area contributed by atoms with Crippen molar-refractivity contribution in [2.75, 3.05) is 62.2 Å². The molecule has 2 saturated heterocycles. The lowest BCUT2D eigenvalue weighted by atomic mass is 10.0. The smallest absolute Gasteiger partial charge is 0.318 e. The van der Waals surface area contributed by atoms with Gasteiger partial charge in [0.15, 0.2) is 0 Å². The Morgan fingerprint density at radius 1 is 1.02 bits per heavy atom. The Kier molecular flexibility index (Phi) is 7.65. The minimum Gasteiger partial charge on any atom is -0.508 e. The lowest BCUT2D eigenvalue weighted by Gasteiger charge is -2.38. The summed E-state index contributed by atoms with van der Waals surface area (Å²) < 4.78 is 6.23. The van der Waals surface area contributed by atoms with Crippen molar-refractivity contribution in [3.05, 3.63) is 47.7 Å². The van der Waals surface area contributed by atoms with Crippen molar-refractivity contribution in [2.45, 2.75) is 52.1 Å². The van der Waals surface area contributed by atoms with E-state index in [0.717, 1.165) is 72.7 Å². The Morgan fingerprint density at radius 3 is 2.65 bits per heavy atom. The number of nitrogens with zero attached hydrogens (tertiary/aromatic N) is 6. The van der Waals surface area contributed by atoms with Crippen molar-refractivity contribution in [1.82, 2.24) is 19.8 Å². The van der Waals surface area contributed by atoms with E-state index in [9.17, 15) is 9.90 Å². The van der Waals surface area contributed by atoms with Crippen molar-refractivity contribution < 1.29 is 14.6 Å². The van der Waals surface area contributed by atoms with Gasteiger partial charge in [-0.2, -0.15) is 9.97 Å². The van der Waals surface area contributed by atoms with Crippen LogP contribution < -0.4 is 14.5 Å². The van der Waals surface area contributed by atoms with Gasteiger partial charge >= 0.3 is 6.01 Å². The number of benzene rings is 2. The Bertz CT molecular complexity index is 1370. The number of hydrogen-bond donors (Lipinski definition) is 1. The van der Waals surface area contributed by atoms with Gasteiger partial charge in [-0.3, -0.25) is 9.69 Å². The van der Waals surface area contributed by atoms with Crippen LogP contribution in [0.2, 0.25) is 0 Å². The fraction of sp³-hybridized carbons (Fsp3) is 0.516. The Labute approximate surface area is 236 Å². The standard InChI is InChI=1S/C31H40N6O3/c1-22-7-5-6-11-34(22)17-18-40-31-32-28-21-37(29-20-25(39)19-24-8-3-4-9-26(24)29)12-10-27(28)30(33-31)36-15-13-35(14-16-36)23(2)38/h3-4,8-9,19-20,22,39H,5-7,10-18,21H2,1-2H3/t22-/m1/s1. The van der Waals surface area contributed by atoms with Gasteiger partial charge in [-0.05, 0) is 44.2 Å². The number of fused-ring (bicyclic) bond motifs is 2. The van der Waals surface area contributed by atoms with Crippen LogP contribution in [0, 0.1) is 0 Å². The van der Waals surface area contributed by atoms with E-state index >= 15 is 0 Å². The number of piperidine rings is 1. The number of rotatable bonds is 6. The van der Waals surface area contributed by atoms with Gasteiger partial charge in [0.2, 0.25) is 5.91 Å². The second kappa shape index (κ2) is 11.5. The molecule has 2 aromatic carbocycles. The second-order valence-corrected chi connectivity index (χ2v) is 11.3. The molecule has 0 bridgehead atoms. The molecule has 9 heteroatoms. The minimum atomic E-state index is 0.120. The molecule has 1 amide bonds. The normalized spacial score (nSPS) is 20.1. The van der Waals surface area contributed by atoms with Gasteiger partial charge in [-0.1, -0.05) is 30.7 Å². The number of carbonyl (C=O) groups excluding carboxylic acids is 1. The lowest BCUT2D eigenvalue weighted by molar-refractivity contribution is -0.129. The molecule has 40 heavy (non-hydrogen) atoms. The highest BCUT2D eigenvalue weighted by Crippen LogP contribution is 2.36. The monoisotopic (exact) mass is 544 g/mol. The highest BCUT2D eigenvalue weighted by Gasteiger charge is 2.29. The maximum absolute atomic E-state index is 11.9. The number of piperazine rings is 1. The van der Waals surface area contributed by atoms with Crippen molar-refractivity contribution in [2.24, 2.45) is 0 Å². The largest absolute Gasteiger partial charge is 0.508 e. The summed E-state index contributed by atoms with van der Waals surface area (Å²) in [4.78, 5) is 30.8. The summed E-state index contributed by atoms with van der Waals surface area (Å²) in [7, 11) is 0. The quantitative estimate of drug-likeness (QED) is 0.502. The molecule has 1 atom stereocenters. The molecule has 0 spiro atoms. The summed E-state index contributed by atoms with van der Waals surface area (Å²) in [6.07, 6.45) is 4.59. The van der Waals surface area contributed by atoms with Gasteiger partial charge in [0, 0.05) is 74.9 Å². The second-order valence-electron chi connectivity index (χ2n) is 11.3. The van der Waals surface area contributed by atoms with E-state index < -0.39 is 0 Å². The van der Waals surface area contributed by atoms with Crippen molar-refractivity contribution in [1.29, 1.82) is 0 Å². The molecule has 3 aromatic rings. The maximum Gasteiger partial charge on any atom is 0.318 e. The van der Waals surface area contributed by atoms with Crippen LogP contribution >= 0.6 is 0 Å². The minimum absolute atomic E-state index is 0.120. The number of anilines is 2. The third-order valence-corrected chi connectivity index (χ3v) is 8.76. The van der Waals surface area contributed by atoms with E-state index in [0.29, 0.717) is 38.3 Å². The number of aromatic hydroxyl groups is 1. The van der Waals surface area contributed by atoms with Crippen molar-refractivity contribution in [3.63, 3.8) is 0 Å². The molecule has 0 unspecified atom stereocenters. The van der Waals surface area contributed by atoms with E-state index in [1.54, 1.807) is 6.92 Å². The summed E-state index contributed by atoms with van der Waals surface area (Å²) in [6.45, 7) is 10.8. The molecule has 212 valence electrons. The average Bonchev–Trinajstić information content (AvgIpc) is 2.97. The lowest BCUT2D eigenvalue weighted by Crippen LogP contribution is -2.49. The fourth-order valence-corrected chi connectivity index (χ4v) is 6.43. The molecular weight excluding hydrogens is 504 g/mol. The predicted octanol–water partition coefficient (Wildman–Crippen LogP) is 3.82. The number of carbonyl (C=O) groups is 1. The van der Waals surface area contributed by atoms with Crippen LogP contribution in [0.1, 0.15) is 44.4 Å². The molecule has 6 rings (SSSR count). The number of hydrogen-bond acceptors (Lipinski definition) is 8. The summed E-state index contributed by atoms with van der Waals surface area (Å²) in [5, 5.41) is 12.6. The van der Waals surface area contributed by atoms with Gasteiger partial charge in [-0.25, -0.2) is 0 Å². The molecule has 4 heterocycles. The van der Waals surface area contributed by atoms with E-state index in [4.69, 9.17) is 14.7 Å². The SMILES string of the molecule is CC(=O)N1CCN(c2nc(OCCN3CCCC[C@H]3C)nc3c2CCN(c2cc(O)cc4ccccc24)C3)CC1. The van der Waals surface area contributed by atoms with Crippen LogP contribution in [0.15, 0.2) is 36.4 Å². The molecule has 1 aromatic heterocycles. The predicted molar refractivity (Wildman–Crippen MR) is 157 cm³/mol. The van der Waals surface area contributed by atoms with Crippen molar-refractivity contribution in [3.8, 4) is 11.8 Å². The third-order valence-electron chi connectivity index (χ3n) is 8.76. The first kappa shape index (κ1) is 26.6. The Hall–Kier alpha value is -3.59. The number of aromatic nitrogens is 2. The van der Waals surface area contributed by atoms with Crippen LogP contribution in [-0.4, -0.2) is 89.2 Å². The first-order valence-electron chi connectivity index (χ1n) is 14.7. The van der Waals surface area contributed by atoms with E-state index in [2.05, 4.69) is 27.7 Å². The van der Waals surface area contributed by atoms with Gasteiger partial charge < -0.3 is 24.5 Å². The number of likely N-dealkylation sites (tertiary alicyclic amines) is 1. The van der Waals surface area contributed by atoms with Gasteiger partial charge in [0.1, 0.15) is 18.2 Å². The van der Waals surface area contributed by atoms with E-state index in [1.807, 2.05) is 35.2 Å². The fourth-order valence-electron chi connectivity index (χ4n) is 6.43. The molecule has 3 aliphatic heterocycles. The molecular formula is C31H40N6O3.